The molecule has 2 rings (SSSR count). The van der Waals surface area contributed by atoms with Gasteiger partial charge in [0.15, 0.2) is 11.5 Å². The summed E-state index contributed by atoms with van der Waals surface area (Å²) in [6.07, 6.45) is 6.47. The van der Waals surface area contributed by atoms with E-state index >= 15 is 0 Å². The highest BCUT2D eigenvalue weighted by molar-refractivity contribution is 9.10. The summed E-state index contributed by atoms with van der Waals surface area (Å²) in [6, 6.07) is 4.17. The van der Waals surface area contributed by atoms with Crippen molar-refractivity contribution in [3.05, 3.63) is 22.2 Å². The van der Waals surface area contributed by atoms with Crippen LogP contribution in [0.1, 0.15) is 51.5 Å². The van der Waals surface area contributed by atoms with E-state index in [1.807, 2.05) is 6.92 Å². The normalized spacial score (nSPS) is 22.1. The van der Waals surface area contributed by atoms with Crippen LogP contribution in [0.4, 0.5) is 0 Å². The number of halogens is 2. The zero-order valence-corrected chi connectivity index (χ0v) is 16.0. The van der Waals surface area contributed by atoms with Gasteiger partial charge < -0.3 is 9.47 Å². The van der Waals surface area contributed by atoms with Gasteiger partial charge in [0.1, 0.15) is 0 Å². The van der Waals surface area contributed by atoms with Gasteiger partial charge >= 0.3 is 0 Å². The molecule has 0 spiro atoms. The molecule has 1 aromatic rings. The van der Waals surface area contributed by atoms with Crippen LogP contribution < -0.4 is 9.47 Å². The van der Waals surface area contributed by atoms with Gasteiger partial charge in [0, 0.05) is 5.33 Å². The monoisotopic (exact) mass is 418 g/mol. The molecule has 1 fully saturated rings. The first-order valence-corrected chi connectivity index (χ1v) is 9.77. The van der Waals surface area contributed by atoms with Gasteiger partial charge in [-0.25, -0.2) is 0 Å². The molecule has 0 amide bonds. The first-order chi connectivity index (χ1) is 10.2. The zero-order chi connectivity index (χ0) is 15.2. The van der Waals surface area contributed by atoms with Crippen LogP contribution >= 0.6 is 31.9 Å². The van der Waals surface area contributed by atoms with Crippen LogP contribution in [0.25, 0.3) is 0 Å². The van der Waals surface area contributed by atoms with Crippen molar-refractivity contribution in [1.29, 1.82) is 0 Å². The lowest BCUT2D eigenvalue weighted by atomic mass is 9.86. The third kappa shape index (κ3) is 4.62. The summed E-state index contributed by atoms with van der Waals surface area (Å²) in [5, 5.41) is 0.813. The molecule has 21 heavy (non-hydrogen) atoms. The fourth-order valence-electron chi connectivity index (χ4n) is 2.90. The molecule has 2 nitrogen and oxygen atoms in total. The first-order valence-electron chi connectivity index (χ1n) is 7.85. The average Bonchev–Trinajstić information content (AvgIpc) is 2.51. The van der Waals surface area contributed by atoms with Gasteiger partial charge in [0.05, 0.1) is 17.2 Å². The Morgan fingerprint density at radius 3 is 2.43 bits per heavy atom. The minimum atomic E-state index is 0.318. The van der Waals surface area contributed by atoms with Crippen LogP contribution in [0.5, 0.6) is 11.5 Å². The van der Waals surface area contributed by atoms with E-state index in [4.69, 9.17) is 9.47 Å². The fraction of sp³-hybridized carbons (Fsp3) is 0.647. The molecule has 1 saturated carbocycles. The fourth-order valence-corrected chi connectivity index (χ4v) is 3.81. The van der Waals surface area contributed by atoms with Gasteiger partial charge in [-0.1, -0.05) is 29.3 Å². The average molecular weight is 420 g/mol. The van der Waals surface area contributed by atoms with Crippen molar-refractivity contribution in [3.8, 4) is 11.5 Å². The predicted molar refractivity (Wildman–Crippen MR) is 94.6 cm³/mol. The number of ether oxygens (including phenoxy) is 2. The quantitative estimate of drug-likeness (QED) is 0.519. The maximum absolute atomic E-state index is 6.27. The second-order valence-electron chi connectivity index (χ2n) is 5.64. The Hall–Kier alpha value is -0.220. The predicted octanol–water partition coefficient (Wildman–Crippen LogP) is 6.09. The van der Waals surface area contributed by atoms with Crippen LogP contribution in [0, 0.1) is 5.92 Å². The van der Waals surface area contributed by atoms with E-state index in [1.165, 1.54) is 24.8 Å². The Morgan fingerprint density at radius 1 is 1.14 bits per heavy atom. The van der Waals surface area contributed by atoms with Crippen LogP contribution in [0.2, 0.25) is 0 Å². The maximum Gasteiger partial charge on any atom is 0.175 e. The molecule has 1 aliphatic carbocycles. The maximum atomic E-state index is 6.27. The number of alkyl halides is 1. The number of hydrogen-bond donors (Lipinski definition) is 0. The molecule has 0 bridgehead atoms. The van der Waals surface area contributed by atoms with Crippen molar-refractivity contribution in [2.75, 3.05) is 6.61 Å². The summed E-state index contributed by atoms with van der Waals surface area (Å²) in [5.41, 5.74) is 1.19. The lowest BCUT2D eigenvalue weighted by Crippen LogP contribution is -2.24. The molecule has 1 aliphatic rings. The standard InChI is InChI=1S/C17H24Br2O2/c1-3-12-5-7-14(8-6-12)21-17-15(19)9-13(11-18)10-16(17)20-4-2/h9-10,12,14H,3-8,11H2,1-2H3. The van der Waals surface area contributed by atoms with E-state index in [0.29, 0.717) is 12.7 Å². The molecule has 0 N–H and O–H groups in total. The Kier molecular flexibility index (Phi) is 6.87. The number of rotatable bonds is 6. The molecular formula is C17H24Br2O2. The Morgan fingerprint density at radius 2 is 1.86 bits per heavy atom. The topological polar surface area (TPSA) is 18.5 Å². The number of hydrogen-bond acceptors (Lipinski definition) is 2. The Balaban J connectivity index is 2.11. The van der Waals surface area contributed by atoms with E-state index in [-0.39, 0.29) is 0 Å². The van der Waals surface area contributed by atoms with E-state index in [2.05, 4.69) is 50.9 Å². The zero-order valence-electron chi connectivity index (χ0n) is 12.8. The molecular weight excluding hydrogens is 396 g/mol. The van der Waals surface area contributed by atoms with Gasteiger partial charge in [-0.3, -0.25) is 0 Å². The van der Waals surface area contributed by atoms with Gasteiger partial charge in [-0.15, -0.1) is 0 Å². The summed E-state index contributed by atoms with van der Waals surface area (Å²) in [7, 11) is 0. The molecule has 118 valence electrons. The lowest BCUT2D eigenvalue weighted by molar-refractivity contribution is 0.124. The van der Waals surface area contributed by atoms with Gasteiger partial charge in [-0.2, -0.15) is 0 Å². The molecule has 0 radical (unpaired) electrons. The largest absolute Gasteiger partial charge is 0.490 e. The summed E-state index contributed by atoms with van der Waals surface area (Å²) in [5.74, 6) is 2.59. The lowest BCUT2D eigenvalue weighted by Gasteiger charge is -2.29. The molecule has 1 aromatic carbocycles. The summed E-state index contributed by atoms with van der Waals surface area (Å²) < 4.78 is 13.0. The molecule has 0 atom stereocenters. The van der Waals surface area contributed by atoms with Crippen molar-refractivity contribution >= 4 is 31.9 Å². The van der Waals surface area contributed by atoms with E-state index < -0.39 is 0 Å². The minimum Gasteiger partial charge on any atom is -0.490 e. The van der Waals surface area contributed by atoms with E-state index in [0.717, 1.165) is 40.1 Å². The number of benzene rings is 1. The Labute approximate surface area is 144 Å². The van der Waals surface area contributed by atoms with E-state index in [1.54, 1.807) is 0 Å². The third-order valence-corrected chi connectivity index (χ3v) is 5.42. The third-order valence-electron chi connectivity index (χ3n) is 4.18. The highest BCUT2D eigenvalue weighted by Gasteiger charge is 2.23. The summed E-state index contributed by atoms with van der Waals surface area (Å²) in [4.78, 5) is 0. The van der Waals surface area contributed by atoms with Crippen LogP contribution in [-0.2, 0) is 5.33 Å². The first kappa shape index (κ1) is 17.1. The molecule has 0 heterocycles. The highest BCUT2D eigenvalue weighted by atomic mass is 79.9. The SMILES string of the molecule is CCOc1cc(CBr)cc(Br)c1OC1CCC(CC)CC1. The van der Waals surface area contributed by atoms with Crippen LogP contribution in [0.3, 0.4) is 0 Å². The Bertz CT molecular complexity index is 454. The van der Waals surface area contributed by atoms with Crippen molar-refractivity contribution < 1.29 is 9.47 Å². The second-order valence-corrected chi connectivity index (χ2v) is 7.06. The molecule has 0 aromatic heterocycles. The van der Waals surface area contributed by atoms with E-state index in [9.17, 15) is 0 Å². The van der Waals surface area contributed by atoms with Crippen molar-refractivity contribution in [1.82, 2.24) is 0 Å². The second kappa shape index (κ2) is 8.42. The summed E-state index contributed by atoms with van der Waals surface area (Å²) >= 11 is 7.13. The van der Waals surface area contributed by atoms with Gasteiger partial charge in [0.25, 0.3) is 0 Å². The molecule has 4 heteroatoms. The minimum absolute atomic E-state index is 0.318. The van der Waals surface area contributed by atoms with Crippen molar-refractivity contribution in [2.24, 2.45) is 5.92 Å². The van der Waals surface area contributed by atoms with Gasteiger partial charge in [0.2, 0.25) is 0 Å². The molecule has 0 unspecified atom stereocenters. The van der Waals surface area contributed by atoms with Gasteiger partial charge in [-0.05, 0) is 72.2 Å². The van der Waals surface area contributed by atoms with Crippen LogP contribution in [-0.4, -0.2) is 12.7 Å². The smallest absolute Gasteiger partial charge is 0.175 e. The molecule has 0 aliphatic heterocycles. The van der Waals surface area contributed by atoms with Crippen LogP contribution in [0.15, 0.2) is 16.6 Å². The van der Waals surface area contributed by atoms with Crippen molar-refractivity contribution in [3.63, 3.8) is 0 Å². The highest BCUT2D eigenvalue weighted by Crippen LogP contribution is 2.40. The van der Waals surface area contributed by atoms with Crippen molar-refractivity contribution in [2.45, 2.75) is 57.4 Å². The molecule has 0 saturated heterocycles. The summed E-state index contributed by atoms with van der Waals surface area (Å²) in [6.45, 7) is 4.94.